The lowest BCUT2D eigenvalue weighted by Crippen LogP contribution is -1.94. The van der Waals surface area contributed by atoms with Crippen LogP contribution in [0, 0.1) is 5.82 Å². The van der Waals surface area contributed by atoms with Crippen molar-refractivity contribution >= 4 is 22.8 Å². The average molecular weight is 341 g/mol. The standard InChI is InChI=1S/C22H16FN3/c23-18-12-10-16(11-13-18)22-14-17(20-8-4-5-9-21(20)25-22)15-24-26-19-6-2-1-3-7-19/h1-15,26H/b24-15+. The average Bonchev–Trinajstić information content (AvgIpc) is 2.69. The van der Waals surface area contributed by atoms with Crippen LogP contribution in [0.1, 0.15) is 5.56 Å². The quantitative estimate of drug-likeness (QED) is 0.394. The lowest BCUT2D eigenvalue weighted by molar-refractivity contribution is 0.628. The number of benzene rings is 3. The number of hydrogen-bond donors (Lipinski definition) is 1. The molecule has 0 radical (unpaired) electrons. The Labute approximate surface area is 150 Å². The molecular formula is C22H16FN3. The van der Waals surface area contributed by atoms with Gasteiger partial charge in [0.05, 0.1) is 23.1 Å². The lowest BCUT2D eigenvalue weighted by Gasteiger charge is -2.07. The Morgan fingerprint density at radius 3 is 2.38 bits per heavy atom. The molecule has 0 saturated carbocycles. The van der Waals surface area contributed by atoms with Crippen molar-refractivity contribution in [2.45, 2.75) is 0 Å². The minimum atomic E-state index is -0.261. The second kappa shape index (κ2) is 7.15. The van der Waals surface area contributed by atoms with Gasteiger partial charge in [-0.05, 0) is 48.5 Å². The molecule has 4 heteroatoms. The van der Waals surface area contributed by atoms with Gasteiger partial charge >= 0.3 is 0 Å². The number of para-hydroxylation sites is 2. The summed E-state index contributed by atoms with van der Waals surface area (Å²) in [7, 11) is 0. The highest BCUT2D eigenvalue weighted by atomic mass is 19.1. The molecule has 26 heavy (non-hydrogen) atoms. The van der Waals surface area contributed by atoms with Crippen molar-refractivity contribution < 1.29 is 4.39 Å². The molecular weight excluding hydrogens is 325 g/mol. The van der Waals surface area contributed by atoms with E-state index >= 15 is 0 Å². The summed E-state index contributed by atoms with van der Waals surface area (Å²) in [5.41, 5.74) is 7.40. The first-order valence-corrected chi connectivity index (χ1v) is 8.29. The molecule has 0 fully saturated rings. The number of rotatable bonds is 4. The van der Waals surface area contributed by atoms with Crippen LogP contribution >= 0.6 is 0 Å². The summed E-state index contributed by atoms with van der Waals surface area (Å²) >= 11 is 0. The molecule has 0 amide bonds. The summed E-state index contributed by atoms with van der Waals surface area (Å²) < 4.78 is 13.2. The summed E-state index contributed by atoms with van der Waals surface area (Å²) in [6.45, 7) is 0. The second-order valence-electron chi connectivity index (χ2n) is 5.86. The SMILES string of the molecule is Fc1ccc(-c2cc(/C=N/Nc3ccccc3)c3ccccc3n2)cc1. The molecule has 0 aliphatic heterocycles. The minimum absolute atomic E-state index is 0.261. The maximum absolute atomic E-state index is 13.2. The fraction of sp³-hybridized carbons (Fsp3) is 0. The fourth-order valence-corrected chi connectivity index (χ4v) is 2.77. The van der Waals surface area contributed by atoms with E-state index in [0.29, 0.717) is 0 Å². The van der Waals surface area contributed by atoms with E-state index in [4.69, 9.17) is 4.98 Å². The van der Waals surface area contributed by atoms with E-state index < -0.39 is 0 Å². The molecule has 0 bridgehead atoms. The summed E-state index contributed by atoms with van der Waals surface area (Å²) in [4.78, 5) is 4.70. The Morgan fingerprint density at radius 2 is 1.58 bits per heavy atom. The van der Waals surface area contributed by atoms with Gasteiger partial charge < -0.3 is 0 Å². The molecule has 1 N–H and O–H groups in total. The van der Waals surface area contributed by atoms with Crippen molar-refractivity contribution in [2.24, 2.45) is 5.10 Å². The van der Waals surface area contributed by atoms with Crippen LogP contribution in [0.15, 0.2) is 90.0 Å². The first kappa shape index (κ1) is 16.0. The zero-order valence-electron chi connectivity index (χ0n) is 13.9. The highest BCUT2D eigenvalue weighted by Gasteiger charge is 2.06. The number of hydrogen-bond acceptors (Lipinski definition) is 3. The van der Waals surface area contributed by atoms with E-state index in [1.54, 1.807) is 18.3 Å². The molecule has 0 unspecified atom stereocenters. The lowest BCUT2D eigenvalue weighted by atomic mass is 10.0. The maximum Gasteiger partial charge on any atom is 0.123 e. The third-order valence-corrected chi connectivity index (χ3v) is 4.06. The Kier molecular flexibility index (Phi) is 4.39. The first-order chi connectivity index (χ1) is 12.8. The molecule has 3 aromatic carbocycles. The Hall–Kier alpha value is -3.53. The van der Waals surface area contributed by atoms with Crippen LogP contribution in [0.3, 0.4) is 0 Å². The van der Waals surface area contributed by atoms with E-state index in [1.807, 2.05) is 60.7 Å². The molecule has 1 aromatic heterocycles. The van der Waals surface area contributed by atoms with Gasteiger partial charge in [0, 0.05) is 16.5 Å². The highest BCUT2D eigenvalue weighted by molar-refractivity contribution is 6.00. The van der Waals surface area contributed by atoms with Gasteiger partial charge in [0.2, 0.25) is 0 Å². The number of halogens is 1. The third-order valence-electron chi connectivity index (χ3n) is 4.06. The number of nitrogens with zero attached hydrogens (tertiary/aromatic N) is 2. The van der Waals surface area contributed by atoms with Crippen LogP contribution in [-0.2, 0) is 0 Å². The van der Waals surface area contributed by atoms with Crippen LogP contribution in [0.4, 0.5) is 10.1 Å². The molecule has 0 saturated heterocycles. The molecule has 4 rings (SSSR count). The van der Waals surface area contributed by atoms with Gasteiger partial charge in [-0.3, -0.25) is 5.43 Å². The fourth-order valence-electron chi connectivity index (χ4n) is 2.77. The Balaban J connectivity index is 1.73. The van der Waals surface area contributed by atoms with Gasteiger partial charge in [-0.2, -0.15) is 5.10 Å². The van der Waals surface area contributed by atoms with E-state index in [9.17, 15) is 4.39 Å². The van der Waals surface area contributed by atoms with E-state index in [0.717, 1.165) is 33.4 Å². The highest BCUT2D eigenvalue weighted by Crippen LogP contribution is 2.24. The zero-order valence-corrected chi connectivity index (χ0v) is 13.9. The monoisotopic (exact) mass is 341 g/mol. The van der Waals surface area contributed by atoms with Crippen molar-refractivity contribution in [3.63, 3.8) is 0 Å². The van der Waals surface area contributed by atoms with E-state index in [2.05, 4.69) is 10.5 Å². The largest absolute Gasteiger partial charge is 0.279 e. The smallest absolute Gasteiger partial charge is 0.123 e. The molecule has 1 heterocycles. The van der Waals surface area contributed by atoms with Crippen LogP contribution in [0.5, 0.6) is 0 Å². The summed E-state index contributed by atoms with van der Waals surface area (Å²) in [6.07, 6.45) is 1.78. The molecule has 3 nitrogen and oxygen atoms in total. The van der Waals surface area contributed by atoms with Gasteiger partial charge in [0.15, 0.2) is 0 Å². The summed E-state index contributed by atoms with van der Waals surface area (Å²) in [5.74, 6) is -0.261. The van der Waals surface area contributed by atoms with Crippen LogP contribution in [0.25, 0.3) is 22.2 Å². The van der Waals surface area contributed by atoms with Crippen molar-refractivity contribution in [2.75, 3.05) is 5.43 Å². The van der Waals surface area contributed by atoms with Gasteiger partial charge in [0.1, 0.15) is 5.82 Å². The number of anilines is 1. The zero-order chi connectivity index (χ0) is 17.8. The third kappa shape index (κ3) is 3.44. The molecule has 0 aliphatic carbocycles. The molecule has 0 aliphatic rings. The number of pyridine rings is 1. The van der Waals surface area contributed by atoms with Gasteiger partial charge in [-0.15, -0.1) is 0 Å². The van der Waals surface area contributed by atoms with Crippen molar-refractivity contribution in [3.05, 3.63) is 96.3 Å². The minimum Gasteiger partial charge on any atom is -0.279 e. The van der Waals surface area contributed by atoms with Crippen molar-refractivity contribution in [1.29, 1.82) is 0 Å². The molecule has 126 valence electrons. The predicted octanol–water partition coefficient (Wildman–Crippen LogP) is 5.49. The van der Waals surface area contributed by atoms with Gasteiger partial charge in [-0.1, -0.05) is 36.4 Å². The second-order valence-corrected chi connectivity index (χ2v) is 5.86. The number of hydrazone groups is 1. The first-order valence-electron chi connectivity index (χ1n) is 8.29. The van der Waals surface area contributed by atoms with Crippen LogP contribution < -0.4 is 5.43 Å². The number of fused-ring (bicyclic) bond motifs is 1. The summed E-state index contributed by atoms with van der Waals surface area (Å²) in [6, 6.07) is 26.0. The van der Waals surface area contributed by atoms with Crippen LogP contribution in [0.2, 0.25) is 0 Å². The van der Waals surface area contributed by atoms with Crippen molar-refractivity contribution in [1.82, 2.24) is 4.98 Å². The Bertz CT molecular complexity index is 1060. The normalized spacial score (nSPS) is 11.1. The van der Waals surface area contributed by atoms with Crippen LogP contribution in [-0.4, -0.2) is 11.2 Å². The molecule has 4 aromatic rings. The topological polar surface area (TPSA) is 37.3 Å². The van der Waals surface area contributed by atoms with Gasteiger partial charge in [-0.25, -0.2) is 9.37 Å². The Morgan fingerprint density at radius 1 is 0.846 bits per heavy atom. The number of nitrogens with one attached hydrogen (secondary N) is 1. The molecule has 0 spiro atoms. The molecule has 0 atom stereocenters. The number of aromatic nitrogens is 1. The van der Waals surface area contributed by atoms with E-state index in [-0.39, 0.29) is 5.82 Å². The maximum atomic E-state index is 13.2. The van der Waals surface area contributed by atoms with E-state index in [1.165, 1.54) is 12.1 Å². The predicted molar refractivity (Wildman–Crippen MR) is 105 cm³/mol. The van der Waals surface area contributed by atoms with Gasteiger partial charge in [0.25, 0.3) is 0 Å². The summed E-state index contributed by atoms with van der Waals surface area (Å²) in [5, 5.41) is 5.36. The van der Waals surface area contributed by atoms with Crippen molar-refractivity contribution in [3.8, 4) is 11.3 Å².